The number of aromatic amines is 1. The maximum Gasteiger partial charge on any atom is 0.253 e. The fourth-order valence-corrected chi connectivity index (χ4v) is 2.49. The van der Waals surface area contributed by atoms with Gasteiger partial charge in [0.25, 0.3) is 5.56 Å². The molecule has 0 bridgehead atoms. The van der Waals surface area contributed by atoms with E-state index in [4.69, 9.17) is 10.5 Å². The van der Waals surface area contributed by atoms with Gasteiger partial charge in [0.2, 0.25) is 0 Å². The molecule has 5 nitrogen and oxygen atoms in total. The fourth-order valence-electron chi connectivity index (χ4n) is 2.49. The highest BCUT2D eigenvalue weighted by molar-refractivity contribution is 5.81. The quantitative estimate of drug-likeness (QED) is 0.776. The summed E-state index contributed by atoms with van der Waals surface area (Å²) in [6.07, 6.45) is 1.74. The van der Waals surface area contributed by atoms with Gasteiger partial charge in [-0.05, 0) is 49.1 Å². The third-order valence-electron chi connectivity index (χ3n) is 3.76. The van der Waals surface area contributed by atoms with Gasteiger partial charge in [0.15, 0.2) is 0 Å². The van der Waals surface area contributed by atoms with Gasteiger partial charge in [-0.25, -0.2) is 0 Å². The number of aromatic nitrogens is 2. The lowest BCUT2D eigenvalue weighted by Crippen LogP contribution is -2.19. The van der Waals surface area contributed by atoms with E-state index in [1.54, 1.807) is 13.1 Å². The van der Waals surface area contributed by atoms with E-state index in [9.17, 15) is 4.79 Å². The summed E-state index contributed by atoms with van der Waals surface area (Å²) in [5.41, 5.74) is 8.84. The van der Waals surface area contributed by atoms with Crippen LogP contribution in [-0.2, 0) is 6.61 Å². The molecule has 2 aromatic heterocycles. The standard InChI is InChI=1S/C18H19N3O2/c1-11-7-13-8-15(12(2)19)18(22)21-16(13)9-17(11)23-10-14-5-3-4-6-20-14/h3-9,12H,10,19H2,1-2H3,(H,21,22). The van der Waals surface area contributed by atoms with Crippen molar-refractivity contribution in [2.75, 3.05) is 0 Å². The zero-order valence-corrected chi connectivity index (χ0v) is 13.2. The lowest BCUT2D eigenvalue weighted by atomic mass is 10.1. The number of hydrogen-bond donors (Lipinski definition) is 2. The van der Waals surface area contributed by atoms with Gasteiger partial charge in [-0.1, -0.05) is 6.07 Å². The molecule has 0 amide bonds. The number of aryl methyl sites for hydroxylation is 1. The first-order valence-corrected chi connectivity index (χ1v) is 7.50. The molecule has 0 radical (unpaired) electrons. The molecule has 0 saturated heterocycles. The maximum atomic E-state index is 12.1. The predicted molar refractivity (Wildman–Crippen MR) is 90.5 cm³/mol. The van der Waals surface area contributed by atoms with Crippen LogP contribution in [0.15, 0.2) is 47.4 Å². The van der Waals surface area contributed by atoms with Crippen molar-refractivity contribution < 1.29 is 4.74 Å². The van der Waals surface area contributed by atoms with Crippen LogP contribution in [0.4, 0.5) is 0 Å². The molecule has 3 rings (SSSR count). The van der Waals surface area contributed by atoms with Crippen LogP contribution in [0.2, 0.25) is 0 Å². The molecule has 0 fully saturated rings. The average molecular weight is 309 g/mol. The third kappa shape index (κ3) is 3.24. The Balaban J connectivity index is 1.94. The Labute approximate surface area is 134 Å². The monoisotopic (exact) mass is 309 g/mol. The highest BCUT2D eigenvalue weighted by Gasteiger charge is 2.10. The molecule has 0 aliphatic carbocycles. The second-order valence-corrected chi connectivity index (χ2v) is 5.66. The molecule has 3 aromatic rings. The number of fused-ring (bicyclic) bond motifs is 1. The zero-order valence-electron chi connectivity index (χ0n) is 13.2. The van der Waals surface area contributed by atoms with Crippen molar-refractivity contribution in [3.05, 3.63) is 69.8 Å². The fraction of sp³-hybridized carbons (Fsp3) is 0.222. The van der Waals surface area contributed by atoms with Crippen molar-refractivity contribution in [1.82, 2.24) is 9.97 Å². The highest BCUT2D eigenvalue weighted by atomic mass is 16.5. The number of rotatable bonds is 4. The number of nitrogens with zero attached hydrogens (tertiary/aromatic N) is 1. The molecular weight excluding hydrogens is 290 g/mol. The smallest absolute Gasteiger partial charge is 0.253 e. The van der Waals surface area contributed by atoms with Crippen LogP contribution < -0.4 is 16.0 Å². The first-order valence-electron chi connectivity index (χ1n) is 7.50. The predicted octanol–water partition coefficient (Wildman–Crippen LogP) is 2.83. The summed E-state index contributed by atoms with van der Waals surface area (Å²) in [5, 5.41) is 0.944. The SMILES string of the molecule is Cc1cc2cc(C(C)N)c(=O)[nH]c2cc1OCc1ccccn1. The summed E-state index contributed by atoms with van der Waals surface area (Å²) in [6.45, 7) is 4.16. The van der Waals surface area contributed by atoms with Gasteiger partial charge in [-0.3, -0.25) is 9.78 Å². The van der Waals surface area contributed by atoms with Crippen LogP contribution in [0, 0.1) is 6.92 Å². The van der Waals surface area contributed by atoms with Crippen molar-refractivity contribution in [1.29, 1.82) is 0 Å². The molecule has 1 atom stereocenters. The van der Waals surface area contributed by atoms with Gasteiger partial charge in [0.1, 0.15) is 12.4 Å². The van der Waals surface area contributed by atoms with Gasteiger partial charge in [-0.15, -0.1) is 0 Å². The van der Waals surface area contributed by atoms with Crippen molar-refractivity contribution in [3.63, 3.8) is 0 Å². The number of H-pyrrole nitrogens is 1. The lowest BCUT2D eigenvalue weighted by Gasteiger charge is -2.12. The first-order chi connectivity index (χ1) is 11.0. The van der Waals surface area contributed by atoms with Crippen molar-refractivity contribution in [2.24, 2.45) is 5.73 Å². The molecule has 3 N–H and O–H groups in total. The van der Waals surface area contributed by atoms with E-state index in [1.165, 1.54) is 0 Å². The van der Waals surface area contributed by atoms with E-state index >= 15 is 0 Å². The number of ether oxygens (including phenoxy) is 1. The van der Waals surface area contributed by atoms with E-state index in [1.807, 2.05) is 43.3 Å². The third-order valence-corrected chi connectivity index (χ3v) is 3.76. The van der Waals surface area contributed by atoms with Crippen molar-refractivity contribution >= 4 is 10.9 Å². The Morgan fingerprint density at radius 2 is 2.13 bits per heavy atom. The number of nitrogens with two attached hydrogens (primary N) is 1. The van der Waals surface area contributed by atoms with E-state index < -0.39 is 0 Å². The summed E-state index contributed by atoms with van der Waals surface area (Å²) >= 11 is 0. The Bertz CT molecular complexity index is 886. The number of benzene rings is 1. The van der Waals surface area contributed by atoms with Crippen molar-refractivity contribution in [2.45, 2.75) is 26.5 Å². The Morgan fingerprint density at radius 1 is 1.30 bits per heavy atom. The number of pyridine rings is 2. The Morgan fingerprint density at radius 3 is 2.83 bits per heavy atom. The molecule has 1 aromatic carbocycles. The summed E-state index contributed by atoms with van der Waals surface area (Å²) in [7, 11) is 0. The molecule has 0 aliphatic rings. The second kappa shape index (κ2) is 6.22. The minimum atomic E-state index is -0.302. The van der Waals surface area contributed by atoms with Crippen LogP contribution in [0.5, 0.6) is 5.75 Å². The number of hydrogen-bond acceptors (Lipinski definition) is 4. The Hall–Kier alpha value is -2.66. The van der Waals surface area contributed by atoms with Crippen LogP contribution >= 0.6 is 0 Å². The van der Waals surface area contributed by atoms with E-state index in [-0.39, 0.29) is 11.6 Å². The second-order valence-electron chi connectivity index (χ2n) is 5.66. The minimum absolute atomic E-state index is 0.160. The molecule has 23 heavy (non-hydrogen) atoms. The summed E-state index contributed by atoms with van der Waals surface area (Å²) < 4.78 is 5.84. The Kier molecular flexibility index (Phi) is 4.12. The topological polar surface area (TPSA) is 81.0 Å². The zero-order chi connectivity index (χ0) is 16.4. The lowest BCUT2D eigenvalue weighted by molar-refractivity contribution is 0.299. The van der Waals surface area contributed by atoms with E-state index in [2.05, 4.69) is 9.97 Å². The molecule has 1 unspecified atom stereocenters. The summed E-state index contributed by atoms with van der Waals surface area (Å²) in [6, 6.07) is 11.1. The molecule has 5 heteroatoms. The summed E-state index contributed by atoms with van der Waals surface area (Å²) in [5.74, 6) is 0.729. The summed E-state index contributed by atoms with van der Waals surface area (Å²) in [4.78, 5) is 19.2. The van der Waals surface area contributed by atoms with Crippen LogP contribution in [0.25, 0.3) is 10.9 Å². The largest absolute Gasteiger partial charge is 0.487 e. The van der Waals surface area contributed by atoms with Gasteiger partial charge in [-0.2, -0.15) is 0 Å². The molecule has 2 heterocycles. The highest BCUT2D eigenvalue weighted by Crippen LogP contribution is 2.25. The average Bonchev–Trinajstić information content (AvgIpc) is 2.53. The minimum Gasteiger partial charge on any atom is -0.487 e. The molecule has 118 valence electrons. The van der Waals surface area contributed by atoms with Crippen LogP contribution in [0.3, 0.4) is 0 Å². The molecule has 0 aliphatic heterocycles. The molecule has 0 saturated carbocycles. The van der Waals surface area contributed by atoms with Crippen LogP contribution in [0.1, 0.15) is 29.8 Å². The first kappa shape index (κ1) is 15.2. The van der Waals surface area contributed by atoms with Crippen LogP contribution in [-0.4, -0.2) is 9.97 Å². The maximum absolute atomic E-state index is 12.1. The van der Waals surface area contributed by atoms with Gasteiger partial charge < -0.3 is 15.5 Å². The van der Waals surface area contributed by atoms with Crippen molar-refractivity contribution in [3.8, 4) is 5.75 Å². The normalized spacial score (nSPS) is 12.3. The number of nitrogens with one attached hydrogen (secondary N) is 1. The van der Waals surface area contributed by atoms with E-state index in [0.717, 1.165) is 27.9 Å². The molecular formula is C18H19N3O2. The van der Waals surface area contributed by atoms with Gasteiger partial charge in [0.05, 0.1) is 11.2 Å². The van der Waals surface area contributed by atoms with Gasteiger partial charge in [0, 0.05) is 23.9 Å². The van der Waals surface area contributed by atoms with E-state index in [0.29, 0.717) is 12.2 Å². The van der Waals surface area contributed by atoms with Gasteiger partial charge >= 0.3 is 0 Å². The molecule has 0 spiro atoms.